The molecular formula is C24H23BrN4OS. The summed E-state index contributed by atoms with van der Waals surface area (Å²) in [6.07, 6.45) is 3.52. The molecule has 158 valence electrons. The summed E-state index contributed by atoms with van der Waals surface area (Å²) < 4.78 is 2.03. The molecule has 0 spiro atoms. The van der Waals surface area contributed by atoms with Crippen LogP contribution in [0.3, 0.4) is 0 Å². The molecule has 0 saturated heterocycles. The van der Waals surface area contributed by atoms with Crippen molar-refractivity contribution in [2.45, 2.75) is 20.4 Å². The molecule has 31 heavy (non-hydrogen) atoms. The number of carbonyl (C=O) groups is 1. The third-order valence-electron chi connectivity index (χ3n) is 5.12. The fraction of sp³-hybridized carbons (Fsp3) is 0.208. The van der Waals surface area contributed by atoms with Gasteiger partial charge in [-0.15, -0.1) is 0 Å². The third-order valence-corrected chi connectivity index (χ3v) is 6.66. The maximum absolute atomic E-state index is 13.6. The van der Waals surface area contributed by atoms with Crippen molar-refractivity contribution in [3.63, 3.8) is 0 Å². The molecule has 7 heteroatoms. The predicted octanol–water partition coefficient (Wildman–Crippen LogP) is 6.15. The number of aromatic nitrogens is 2. The smallest absolute Gasteiger partial charge is 0.260 e. The molecule has 0 bridgehead atoms. The van der Waals surface area contributed by atoms with Crippen LogP contribution < -0.4 is 9.80 Å². The van der Waals surface area contributed by atoms with Crippen LogP contribution in [-0.2, 0) is 6.54 Å². The van der Waals surface area contributed by atoms with E-state index >= 15 is 0 Å². The van der Waals surface area contributed by atoms with Gasteiger partial charge in [-0.3, -0.25) is 14.7 Å². The molecule has 2 aromatic carbocycles. The Morgan fingerprint density at radius 1 is 1.06 bits per heavy atom. The number of carbonyl (C=O) groups excluding carboxylic acids is 1. The maximum Gasteiger partial charge on any atom is 0.260 e. The van der Waals surface area contributed by atoms with E-state index in [1.54, 1.807) is 17.3 Å². The second-order valence-electron chi connectivity index (χ2n) is 7.08. The number of fused-ring (bicyclic) bond motifs is 1. The predicted molar refractivity (Wildman–Crippen MR) is 132 cm³/mol. The lowest BCUT2D eigenvalue weighted by Gasteiger charge is -2.22. The summed E-state index contributed by atoms with van der Waals surface area (Å²) in [5.41, 5.74) is 3.59. The molecule has 0 fully saturated rings. The van der Waals surface area contributed by atoms with Crippen molar-refractivity contribution in [3.8, 4) is 0 Å². The number of anilines is 2. The van der Waals surface area contributed by atoms with Gasteiger partial charge in [0, 0.05) is 41.2 Å². The van der Waals surface area contributed by atoms with Crippen LogP contribution in [0.1, 0.15) is 29.8 Å². The average molecular weight is 495 g/mol. The fourth-order valence-electron chi connectivity index (χ4n) is 3.46. The molecule has 4 aromatic rings. The highest BCUT2D eigenvalue weighted by Crippen LogP contribution is 2.32. The van der Waals surface area contributed by atoms with Crippen LogP contribution in [0.25, 0.3) is 10.2 Å². The van der Waals surface area contributed by atoms with Gasteiger partial charge in [-0.2, -0.15) is 0 Å². The third kappa shape index (κ3) is 4.78. The maximum atomic E-state index is 13.6. The first-order chi connectivity index (χ1) is 15.1. The zero-order chi connectivity index (χ0) is 21.8. The van der Waals surface area contributed by atoms with Gasteiger partial charge in [-0.25, -0.2) is 4.98 Å². The van der Waals surface area contributed by atoms with Gasteiger partial charge in [0.2, 0.25) is 0 Å². The zero-order valence-electron chi connectivity index (χ0n) is 17.5. The molecule has 2 aromatic heterocycles. The van der Waals surface area contributed by atoms with Crippen LogP contribution in [0.2, 0.25) is 0 Å². The number of amides is 1. The molecule has 0 aliphatic carbocycles. The second-order valence-corrected chi connectivity index (χ2v) is 9.00. The Morgan fingerprint density at radius 2 is 1.84 bits per heavy atom. The topological polar surface area (TPSA) is 49.3 Å². The van der Waals surface area contributed by atoms with Gasteiger partial charge >= 0.3 is 0 Å². The molecular weight excluding hydrogens is 472 g/mol. The SMILES string of the molecule is CCN(CC)c1ccc(C(=O)N(Cc2cccnc2)c2nc3ccc(Br)cc3s2)cc1. The number of benzene rings is 2. The Bertz CT molecular complexity index is 1170. The van der Waals surface area contributed by atoms with Gasteiger partial charge in [-0.1, -0.05) is 33.3 Å². The molecule has 0 N–H and O–H groups in total. The van der Waals surface area contributed by atoms with Gasteiger partial charge in [0.25, 0.3) is 5.91 Å². The van der Waals surface area contributed by atoms with E-state index in [1.807, 2.05) is 54.6 Å². The number of halogens is 1. The molecule has 4 rings (SSSR count). The molecule has 0 aliphatic rings. The van der Waals surface area contributed by atoms with Gasteiger partial charge < -0.3 is 4.90 Å². The lowest BCUT2D eigenvalue weighted by atomic mass is 10.1. The van der Waals surface area contributed by atoms with Crippen LogP contribution in [0.15, 0.2) is 71.5 Å². The minimum atomic E-state index is -0.0759. The summed E-state index contributed by atoms with van der Waals surface area (Å²) in [5.74, 6) is -0.0759. The lowest BCUT2D eigenvalue weighted by Crippen LogP contribution is -2.30. The van der Waals surface area contributed by atoms with Gasteiger partial charge in [0.15, 0.2) is 5.13 Å². The molecule has 0 unspecified atom stereocenters. The normalized spacial score (nSPS) is 10.9. The fourth-order valence-corrected chi connectivity index (χ4v) is 4.98. The van der Waals surface area contributed by atoms with Crippen molar-refractivity contribution in [1.29, 1.82) is 0 Å². The number of thiazole rings is 1. The monoisotopic (exact) mass is 494 g/mol. The Kier molecular flexibility index (Phi) is 6.63. The van der Waals surface area contributed by atoms with Gasteiger partial charge in [0.1, 0.15) is 0 Å². The first-order valence-corrected chi connectivity index (χ1v) is 11.8. The average Bonchev–Trinajstić information content (AvgIpc) is 3.22. The zero-order valence-corrected chi connectivity index (χ0v) is 19.9. The largest absolute Gasteiger partial charge is 0.372 e. The molecule has 0 radical (unpaired) electrons. The number of hydrogen-bond acceptors (Lipinski definition) is 5. The van der Waals surface area contributed by atoms with Crippen molar-refractivity contribution >= 4 is 54.2 Å². The Morgan fingerprint density at radius 3 is 2.52 bits per heavy atom. The van der Waals surface area contributed by atoms with Crippen molar-refractivity contribution in [3.05, 3.63) is 82.6 Å². The van der Waals surface area contributed by atoms with Crippen LogP contribution >= 0.6 is 27.3 Å². The van der Waals surface area contributed by atoms with E-state index < -0.39 is 0 Å². The first-order valence-electron chi connectivity index (χ1n) is 10.2. The summed E-state index contributed by atoms with van der Waals surface area (Å²) in [6.45, 7) is 6.52. The van der Waals surface area contributed by atoms with Gasteiger partial charge in [-0.05, 0) is 67.9 Å². The Hall–Kier alpha value is -2.77. The summed E-state index contributed by atoms with van der Waals surface area (Å²) in [7, 11) is 0. The number of hydrogen-bond donors (Lipinski definition) is 0. The molecule has 1 amide bonds. The van der Waals surface area contributed by atoms with Crippen molar-refractivity contribution in [2.24, 2.45) is 0 Å². The standard InChI is InChI=1S/C24H23BrN4OS/c1-3-28(4-2)20-10-7-18(8-11-20)23(30)29(16-17-6-5-13-26-15-17)24-27-21-12-9-19(25)14-22(21)31-24/h5-15H,3-4,16H2,1-2H3. The molecule has 0 aliphatic heterocycles. The van der Waals surface area contributed by atoms with E-state index in [2.05, 4.69) is 39.7 Å². The van der Waals surface area contributed by atoms with E-state index in [0.29, 0.717) is 17.2 Å². The van der Waals surface area contributed by atoms with Crippen molar-refractivity contribution in [2.75, 3.05) is 22.9 Å². The van der Waals surface area contributed by atoms with Crippen molar-refractivity contribution < 1.29 is 4.79 Å². The van der Waals surface area contributed by atoms with Crippen LogP contribution in [-0.4, -0.2) is 29.0 Å². The summed E-state index contributed by atoms with van der Waals surface area (Å²) in [6, 6.07) is 17.6. The number of rotatable bonds is 7. The van der Waals surface area contributed by atoms with E-state index in [1.165, 1.54) is 11.3 Å². The first kappa shape index (κ1) is 21.5. The summed E-state index contributed by atoms with van der Waals surface area (Å²) in [5, 5.41) is 0.676. The quantitative estimate of drug-likeness (QED) is 0.309. The van der Waals surface area contributed by atoms with Gasteiger partial charge in [0.05, 0.1) is 16.8 Å². The van der Waals surface area contributed by atoms with Crippen LogP contribution in [0.5, 0.6) is 0 Å². The highest BCUT2D eigenvalue weighted by molar-refractivity contribution is 9.10. The Balaban J connectivity index is 1.70. The number of nitrogens with zero attached hydrogens (tertiary/aromatic N) is 4. The van der Waals surface area contributed by atoms with E-state index in [4.69, 9.17) is 4.98 Å². The minimum absolute atomic E-state index is 0.0759. The van der Waals surface area contributed by atoms with E-state index in [9.17, 15) is 4.79 Å². The molecule has 2 heterocycles. The second kappa shape index (κ2) is 9.58. The summed E-state index contributed by atoms with van der Waals surface area (Å²) >= 11 is 5.03. The van der Waals surface area contributed by atoms with Crippen LogP contribution in [0.4, 0.5) is 10.8 Å². The molecule has 0 atom stereocenters. The minimum Gasteiger partial charge on any atom is -0.372 e. The lowest BCUT2D eigenvalue weighted by molar-refractivity contribution is 0.0985. The molecule has 5 nitrogen and oxygen atoms in total. The highest BCUT2D eigenvalue weighted by Gasteiger charge is 2.22. The summed E-state index contributed by atoms with van der Waals surface area (Å²) in [4.78, 5) is 26.5. The number of pyridine rings is 1. The van der Waals surface area contributed by atoms with Crippen LogP contribution in [0, 0.1) is 0 Å². The Labute approximate surface area is 194 Å². The highest BCUT2D eigenvalue weighted by atomic mass is 79.9. The molecule has 0 saturated carbocycles. The van der Waals surface area contributed by atoms with Crippen molar-refractivity contribution in [1.82, 2.24) is 9.97 Å². The van der Waals surface area contributed by atoms with E-state index in [0.717, 1.165) is 39.0 Å². The van der Waals surface area contributed by atoms with E-state index in [-0.39, 0.29) is 5.91 Å².